The summed E-state index contributed by atoms with van der Waals surface area (Å²) in [4.78, 5) is 31.8. The second-order valence-electron chi connectivity index (χ2n) is 8.23. The second-order valence-corrected chi connectivity index (χ2v) is 11.1. The van der Waals surface area contributed by atoms with Crippen molar-refractivity contribution in [1.29, 1.82) is 0 Å². The summed E-state index contributed by atoms with van der Waals surface area (Å²) in [6.45, 7) is 5.42. The van der Waals surface area contributed by atoms with Crippen LogP contribution in [0.15, 0.2) is 16.3 Å². The fourth-order valence-electron chi connectivity index (χ4n) is 4.41. The van der Waals surface area contributed by atoms with Gasteiger partial charge in [-0.2, -0.15) is 4.31 Å². The van der Waals surface area contributed by atoms with Crippen molar-refractivity contribution in [2.75, 3.05) is 58.9 Å². The summed E-state index contributed by atoms with van der Waals surface area (Å²) in [6, 6.07) is 1.55. The van der Waals surface area contributed by atoms with Gasteiger partial charge in [0, 0.05) is 52.4 Å². The van der Waals surface area contributed by atoms with Crippen LogP contribution in [0.4, 0.5) is 0 Å². The van der Waals surface area contributed by atoms with E-state index in [-0.39, 0.29) is 16.7 Å². The molecule has 4 rings (SSSR count). The van der Waals surface area contributed by atoms with E-state index in [1.165, 1.54) is 22.1 Å². The fraction of sp³-hybridized carbons (Fsp3) is 0.700. The molecule has 166 valence electrons. The summed E-state index contributed by atoms with van der Waals surface area (Å²) in [5.74, 6) is -0.0449. The van der Waals surface area contributed by atoms with Crippen LogP contribution in [0.25, 0.3) is 0 Å². The number of hydrogen-bond donors (Lipinski definition) is 0. The monoisotopic (exact) mass is 454 g/mol. The van der Waals surface area contributed by atoms with Gasteiger partial charge in [-0.3, -0.25) is 14.5 Å². The van der Waals surface area contributed by atoms with Crippen LogP contribution in [0.2, 0.25) is 0 Å². The van der Waals surface area contributed by atoms with Crippen molar-refractivity contribution in [1.82, 2.24) is 19.0 Å². The molecule has 30 heavy (non-hydrogen) atoms. The Morgan fingerprint density at radius 2 is 1.47 bits per heavy atom. The number of piperazine rings is 1. The van der Waals surface area contributed by atoms with E-state index in [4.69, 9.17) is 0 Å². The second kappa shape index (κ2) is 9.33. The average Bonchev–Trinajstić information content (AvgIpc) is 3.47. The van der Waals surface area contributed by atoms with E-state index in [1.807, 2.05) is 4.90 Å². The van der Waals surface area contributed by atoms with Crippen molar-refractivity contribution in [3.8, 4) is 0 Å². The van der Waals surface area contributed by atoms with Crippen molar-refractivity contribution in [3.05, 3.63) is 16.3 Å². The number of carbonyl (C=O) groups excluding carboxylic acids is 2. The number of rotatable bonds is 5. The number of carbonyl (C=O) groups is 2. The van der Waals surface area contributed by atoms with Crippen LogP contribution in [0.5, 0.6) is 0 Å². The lowest BCUT2D eigenvalue weighted by Gasteiger charge is -2.36. The van der Waals surface area contributed by atoms with Gasteiger partial charge in [0.1, 0.15) is 9.77 Å². The van der Waals surface area contributed by atoms with E-state index in [1.54, 1.807) is 16.3 Å². The van der Waals surface area contributed by atoms with Gasteiger partial charge in [0.2, 0.25) is 15.9 Å². The zero-order valence-electron chi connectivity index (χ0n) is 17.3. The predicted molar refractivity (Wildman–Crippen MR) is 115 cm³/mol. The van der Waals surface area contributed by atoms with Crippen molar-refractivity contribution < 1.29 is 18.0 Å². The summed E-state index contributed by atoms with van der Waals surface area (Å²) in [5, 5.41) is 1.68. The van der Waals surface area contributed by atoms with Crippen molar-refractivity contribution in [2.24, 2.45) is 0 Å². The summed E-state index contributed by atoms with van der Waals surface area (Å²) in [5.41, 5.74) is 0. The minimum atomic E-state index is -3.61. The van der Waals surface area contributed by atoms with Gasteiger partial charge in [-0.1, -0.05) is 0 Å². The van der Waals surface area contributed by atoms with Crippen LogP contribution in [0.3, 0.4) is 0 Å². The Morgan fingerprint density at radius 1 is 0.833 bits per heavy atom. The highest BCUT2D eigenvalue weighted by atomic mass is 32.2. The molecule has 0 radical (unpaired) electrons. The van der Waals surface area contributed by atoms with E-state index in [0.29, 0.717) is 50.7 Å². The van der Waals surface area contributed by atoms with Crippen LogP contribution in [0, 0.1) is 0 Å². The Labute approximate surface area is 182 Å². The minimum absolute atomic E-state index is 0.141. The Hall–Kier alpha value is -1.49. The van der Waals surface area contributed by atoms with Crippen LogP contribution in [-0.4, -0.2) is 98.1 Å². The van der Waals surface area contributed by atoms with E-state index in [0.717, 1.165) is 38.8 Å². The fourth-order valence-corrected chi connectivity index (χ4v) is 7.29. The first-order valence-electron chi connectivity index (χ1n) is 10.8. The third kappa shape index (κ3) is 4.56. The zero-order valence-corrected chi connectivity index (χ0v) is 18.9. The van der Waals surface area contributed by atoms with Crippen LogP contribution >= 0.6 is 11.3 Å². The smallest absolute Gasteiger partial charge is 0.265 e. The molecule has 10 heteroatoms. The standard InChI is InChI=1S/C20H30N4O4S2/c25-18(22-7-2-1-3-8-22)16-21-11-13-23(14-12-21)20(26)19-17(6-15-29-19)30(27,28)24-9-4-5-10-24/h6,15H,1-5,7-14,16H2. The van der Waals surface area contributed by atoms with Gasteiger partial charge in [-0.05, 0) is 43.6 Å². The molecule has 8 nitrogen and oxygen atoms in total. The van der Waals surface area contributed by atoms with Gasteiger partial charge in [-0.25, -0.2) is 8.42 Å². The third-order valence-electron chi connectivity index (χ3n) is 6.23. The lowest BCUT2D eigenvalue weighted by Crippen LogP contribution is -2.52. The van der Waals surface area contributed by atoms with Gasteiger partial charge in [0.05, 0.1) is 6.54 Å². The topological polar surface area (TPSA) is 81.2 Å². The molecule has 3 aliphatic rings. The maximum absolute atomic E-state index is 13.1. The number of nitrogens with zero attached hydrogens (tertiary/aromatic N) is 4. The molecule has 0 N–H and O–H groups in total. The number of thiophene rings is 1. The summed E-state index contributed by atoms with van der Waals surface area (Å²) >= 11 is 1.20. The molecule has 3 fully saturated rings. The average molecular weight is 455 g/mol. The molecule has 2 amide bonds. The van der Waals surface area contributed by atoms with Gasteiger partial charge < -0.3 is 9.80 Å². The number of likely N-dealkylation sites (tertiary alicyclic amines) is 1. The van der Waals surface area contributed by atoms with Crippen molar-refractivity contribution >= 4 is 33.2 Å². The minimum Gasteiger partial charge on any atom is -0.342 e. The lowest BCUT2D eigenvalue weighted by molar-refractivity contribution is -0.133. The molecule has 3 saturated heterocycles. The normalized spacial score (nSPS) is 21.9. The van der Waals surface area contributed by atoms with Crippen LogP contribution in [-0.2, 0) is 14.8 Å². The molecule has 0 atom stereocenters. The van der Waals surface area contributed by atoms with Crippen LogP contribution in [0.1, 0.15) is 41.8 Å². The Morgan fingerprint density at radius 3 is 2.13 bits per heavy atom. The number of sulfonamides is 1. The van der Waals surface area contributed by atoms with E-state index in [9.17, 15) is 18.0 Å². The van der Waals surface area contributed by atoms with E-state index >= 15 is 0 Å². The molecule has 0 spiro atoms. The summed E-state index contributed by atoms with van der Waals surface area (Å²) < 4.78 is 27.4. The predicted octanol–water partition coefficient (Wildman–Crippen LogP) is 1.30. The molecule has 0 unspecified atom stereocenters. The first-order chi connectivity index (χ1) is 14.5. The first kappa shape index (κ1) is 21.7. The van der Waals surface area contributed by atoms with E-state index < -0.39 is 10.0 Å². The molecular weight excluding hydrogens is 424 g/mol. The molecule has 0 saturated carbocycles. The molecule has 1 aromatic rings. The summed E-state index contributed by atoms with van der Waals surface area (Å²) in [6.07, 6.45) is 5.09. The Kier molecular flexibility index (Phi) is 6.76. The molecule has 0 bridgehead atoms. The van der Waals surface area contributed by atoms with Gasteiger partial charge in [0.25, 0.3) is 5.91 Å². The molecular formula is C20H30N4O4S2. The highest BCUT2D eigenvalue weighted by molar-refractivity contribution is 7.89. The largest absolute Gasteiger partial charge is 0.342 e. The van der Waals surface area contributed by atoms with Crippen molar-refractivity contribution in [2.45, 2.75) is 37.0 Å². The maximum Gasteiger partial charge on any atom is 0.265 e. The van der Waals surface area contributed by atoms with Gasteiger partial charge in [0.15, 0.2) is 0 Å². The molecule has 3 aliphatic heterocycles. The molecule has 1 aromatic heterocycles. The van der Waals surface area contributed by atoms with Crippen molar-refractivity contribution in [3.63, 3.8) is 0 Å². The lowest BCUT2D eigenvalue weighted by atomic mass is 10.1. The number of piperidine rings is 1. The third-order valence-corrected chi connectivity index (χ3v) is 9.21. The molecule has 0 aliphatic carbocycles. The van der Waals surface area contributed by atoms with Gasteiger partial charge >= 0.3 is 0 Å². The molecule has 0 aromatic carbocycles. The van der Waals surface area contributed by atoms with Gasteiger partial charge in [-0.15, -0.1) is 11.3 Å². The highest BCUT2D eigenvalue weighted by Gasteiger charge is 2.34. The number of hydrogen-bond acceptors (Lipinski definition) is 6. The maximum atomic E-state index is 13.1. The molecule has 4 heterocycles. The number of amides is 2. The Balaban J connectivity index is 1.35. The van der Waals surface area contributed by atoms with E-state index in [2.05, 4.69) is 4.90 Å². The zero-order chi connectivity index (χ0) is 21.1. The SMILES string of the molecule is O=C(CN1CCN(C(=O)c2sccc2S(=O)(=O)N2CCCC2)CC1)N1CCCCC1. The highest BCUT2D eigenvalue weighted by Crippen LogP contribution is 2.29. The Bertz CT molecular complexity index is 865. The van der Waals surface area contributed by atoms with Crippen LogP contribution < -0.4 is 0 Å². The summed E-state index contributed by atoms with van der Waals surface area (Å²) in [7, 11) is -3.61. The quantitative estimate of drug-likeness (QED) is 0.670. The first-order valence-corrected chi connectivity index (χ1v) is 13.2.